The summed E-state index contributed by atoms with van der Waals surface area (Å²) in [4.78, 5) is 17.8. The van der Waals surface area contributed by atoms with Gasteiger partial charge in [-0.1, -0.05) is 13.0 Å². The van der Waals surface area contributed by atoms with Gasteiger partial charge in [0, 0.05) is 35.8 Å². The molecule has 1 aliphatic rings. The molecule has 19 heavy (non-hydrogen) atoms. The van der Waals surface area contributed by atoms with Crippen LogP contribution in [0.3, 0.4) is 0 Å². The number of amides is 1. The van der Waals surface area contributed by atoms with E-state index in [0.717, 1.165) is 12.0 Å². The average molecular weight is 303 g/mol. The Morgan fingerprint density at radius 1 is 1.53 bits per heavy atom. The van der Waals surface area contributed by atoms with Crippen molar-refractivity contribution >= 4 is 31.5 Å². The van der Waals surface area contributed by atoms with Gasteiger partial charge < -0.3 is 0 Å². The maximum absolute atomic E-state index is 12.0. The van der Waals surface area contributed by atoms with E-state index in [9.17, 15) is 13.2 Å². The van der Waals surface area contributed by atoms with E-state index in [1.165, 1.54) is 0 Å². The third-order valence-electron chi connectivity index (χ3n) is 3.14. The van der Waals surface area contributed by atoms with Gasteiger partial charge in [0.05, 0.1) is 5.75 Å². The molecule has 1 aromatic rings. The third kappa shape index (κ3) is 3.45. The summed E-state index contributed by atoms with van der Waals surface area (Å²) in [6.45, 7) is 2.34. The minimum absolute atomic E-state index is 0.0984. The van der Waals surface area contributed by atoms with Gasteiger partial charge >= 0.3 is 0 Å². The molecule has 0 aromatic carbocycles. The van der Waals surface area contributed by atoms with Gasteiger partial charge in [-0.15, -0.1) is 0 Å². The SMILES string of the molecule is CCc1cccnc1N1CC(CS(=O)(=O)Cl)CC1=O. The fourth-order valence-electron chi connectivity index (χ4n) is 2.33. The predicted molar refractivity (Wildman–Crippen MR) is 73.7 cm³/mol. The number of aryl methyl sites for hydroxylation is 1. The van der Waals surface area contributed by atoms with Gasteiger partial charge in [-0.05, 0) is 18.1 Å². The number of hydrogen-bond donors (Lipinski definition) is 0. The van der Waals surface area contributed by atoms with Crippen LogP contribution in [-0.4, -0.2) is 31.6 Å². The smallest absolute Gasteiger partial charge is 0.232 e. The molecule has 0 saturated carbocycles. The Hall–Kier alpha value is -1.14. The highest BCUT2D eigenvalue weighted by Gasteiger charge is 2.34. The molecule has 1 unspecified atom stereocenters. The Balaban J connectivity index is 2.20. The molecule has 0 bridgehead atoms. The summed E-state index contributed by atoms with van der Waals surface area (Å²) in [6, 6.07) is 3.74. The van der Waals surface area contributed by atoms with E-state index in [4.69, 9.17) is 10.7 Å². The van der Waals surface area contributed by atoms with Crippen molar-refractivity contribution in [2.24, 2.45) is 5.92 Å². The molecule has 0 spiro atoms. The van der Waals surface area contributed by atoms with Crippen LogP contribution in [0.1, 0.15) is 18.9 Å². The molecule has 0 N–H and O–H groups in total. The van der Waals surface area contributed by atoms with E-state index in [1.54, 1.807) is 11.1 Å². The predicted octanol–water partition coefficient (Wildman–Crippen LogP) is 1.57. The number of aromatic nitrogens is 1. The standard InChI is InChI=1S/C12H15ClN2O3S/c1-2-10-4-3-5-14-12(10)15-7-9(6-11(15)16)8-19(13,17)18/h3-5,9H,2,6-8H2,1H3. The zero-order valence-corrected chi connectivity index (χ0v) is 12.1. The highest BCUT2D eigenvalue weighted by Crippen LogP contribution is 2.27. The van der Waals surface area contributed by atoms with Gasteiger partial charge in [-0.2, -0.15) is 0 Å². The van der Waals surface area contributed by atoms with Crippen molar-refractivity contribution in [3.05, 3.63) is 23.9 Å². The van der Waals surface area contributed by atoms with Gasteiger partial charge in [0.1, 0.15) is 5.82 Å². The Bertz CT molecular complexity index is 588. The summed E-state index contributed by atoms with van der Waals surface area (Å²) >= 11 is 0. The minimum Gasteiger partial charge on any atom is -0.296 e. The molecule has 1 aromatic heterocycles. The molecule has 5 nitrogen and oxygen atoms in total. The molecule has 2 heterocycles. The molecule has 1 aliphatic heterocycles. The van der Waals surface area contributed by atoms with E-state index in [0.29, 0.717) is 12.4 Å². The molecule has 1 saturated heterocycles. The van der Waals surface area contributed by atoms with Crippen molar-refractivity contribution in [2.45, 2.75) is 19.8 Å². The van der Waals surface area contributed by atoms with Crippen LogP contribution in [-0.2, 0) is 20.3 Å². The first-order valence-electron chi connectivity index (χ1n) is 6.07. The molecule has 1 fully saturated rings. The largest absolute Gasteiger partial charge is 0.296 e. The van der Waals surface area contributed by atoms with Crippen molar-refractivity contribution < 1.29 is 13.2 Å². The van der Waals surface area contributed by atoms with E-state index >= 15 is 0 Å². The van der Waals surface area contributed by atoms with Crippen LogP contribution in [0.15, 0.2) is 18.3 Å². The van der Waals surface area contributed by atoms with E-state index < -0.39 is 9.05 Å². The minimum atomic E-state index is -3.58. The van der Waals surface area contributed by atoms with Crippen molar-refractivity contribution in [3.8, 4) is 0 Å². The molecule has 104 valence electrons. The van der Waals surface area contributed by atoms with Crippen LogP contribution >= 0.6 is 10.7 Å². The zero-order chi connectivity index (χ0) is 14.0. The Morgan fingerprint density at radius 3 is 2.89 bits per heavy atom. The second-order valence-corrected chi connectivity index (χ2v) is 7.44. The summed E-state index contributed by atoms with van der Waals surface area (Å²) in [5.74, 6) is 0.0929. The summed E-state index contributed by atoms with van der Waals surface area (Å²) in [5.41, 5.74) is 0.977. The second kappa shape index (κ2) is 5.46. The summed E-state index contributed by atoms with van der Waals surface area (Å²) in [7, 11) is 1.66. The van der Waals surface area contributed by atoms with Gasteiger partial charge in [0.2, 0.25) is 15.0 Å². The first kappa shape index (κ1) is 14.3. The fourth-order valence-corrected chi connectivity index (χ4v) is 3.65. The normalized spacial score (nSPS) is 20.0. The van der Waals surface area contributed by atoms with Crippen LogP contribution < -0.4 is 4.90 Å². The molecule has 7 heteroatoms. The number of carbonyl (C=O) groups excluding carboxylic acids is 1. The lowest BCUT2D eigenvalue weighted by Gasteiger charge is -2.18. The van der Waals surface area contributed by atoms with Crippen LogP contribution in [0.2, 0.25) is 0 Å². The van der Waals surface area contributed by atoms with E-state index in [2.05, 4.69) is 4.98 Å². The number of hydrogen-bond acceptors (Lipinski definition) is 4. The van der Waals surface area contributed by atoms with Crippen molar-refractivity contribution in [3.63, 3.8) is 0 Å². The fraction of sp³-hybridized carbons (Fsp3) is 0.500. The van der Waals surface area contributed by atoms with Crippen molar-refractivity contribution in [1.82, 2.24) is 4.98 Å². The number of rotatable bonds is 4. The first-order chi connectivity index (χ1) is 8.90. The highest BCUT2D eigenvalue weighted by molar-refractivity contribution is 8.13. The molecule has 0 aliphatic carbocycles. The van der Waals surface area contributed by atoms with Crippen LogP contribution in [0.4, 0.5) is 5.82 Å². The molecule has 1 amide bonds. The average Bonchev–Trinajstić information content (AvgIpc) is 2.67. The zero-order valence-electron chi connectivity index (χ0n) is 10.5. The molecular formula is C12H15ClN2O3S. The lowest BCUT2D eigenvalue weighted by Crippen LogP contribution is -2.27. The molecule has 2 rings (SSSR count). The van der Waals surface area contributed by atoms with Gasteiger partial charge in [0.15, 0.2) is 0 Å². The highest BCUT2D eigenvalue weighted by atomic mass is 35.7. The third-order valence-corrected chi connectivity index (χ3v) is 4.39. The number of pyridine rings is 1. The first-order valence-corrected chi connectivity index (χ1v) is 8.55. The lowest BCUT2D eigenvalue weighted by molar-refractivity contribution is -0.117. The molecule has 0 radical (unpaired) electrons. The van der Waals surface area contributed by atoms with Crippen molar-refractivity contribution in [1.29, 1.82) is 0 Å². The van der Waals surface area contributed by atoms with E-state index in [-0.39, 0.29) is 24.0 Å². The van der Waals surface area contributed by atoms with Crippen LogP contribution in [0.5, 0.6) is 0 Å². The van der Waals surface area contributed by atoms with Crippen molar-refractivity contribution in [2.75, 3.05) is 17.2 Å². The topological polar surface area (TPSA) is 67.3 Å². The number of carbonyl (C=O) groups is 1. The Labute approximate surface area is 117 Å². The second-order valence-electron chi connectivity index (χ2n) is 4.62. The number of halogens is 1. The van der Waals surface area contributed by atoms with Gasteiger partial charge in [0.25, 0.3) is 0 Å². The number of anilines is 1. The van der Waals surface area contributed by atoms with Crippen LogP contribution in [0.25, 0.3) is 0 Å². The van der Waals surface area contributed by atoms with Gasteiger partial charge in [-0.25, -0.2) is 13.4 Å². The maximum Gasteiger partial charge on any atom is 0.232 e. The maximum atomic E-state index is 12.0. The van der Waals surface area contributed by atoms with Crippen LogP contribution in [0, 0.1) is 5.92 Å². The molecule has 1 atom stereocenters. The Morgan fingerprint density at radius 2 is 2.26 bits per heavy atom. The summed E-state index contributed by atoms with van der Waals surface area (Å²) in [6.07, 6.45) is 2.60. The monoisotopic (exact) mass is 302 g/mol. The Kier molecular flexibility index (Phi) is 4.10. The summed E-state index contributed by atoms with van der Waals surface area (Å²) in [5, 5.41) is 0. The lowest BCUT2D eigenvalue weighted by atomic mass is 10.1. The molecular weight excluding hydrogens is 288 g/mol. The van der Waals surface area contributed by atoms with E-state index in [1.807, 2.05) is 19.1 Å². The number of nitrogens with zero attached hydrogens (tertiary/aromatic N) is 2. The summed E-state index contributed by atoms with van der Waals surface area (Å²) < 4.78 is 22.2. The quantitative estimate of drug-likeness (QED) is 0.792. The van der Waals surface area contributed by atoms with Gasteiger partial charge in [-0.3, -0.25) is 9.69 Å².